The molecule has 0 fully saturated rings. The van der Waals surface area contributed by atoms with Gasteiger partial charge in [0.2, 0.25) is 6.35 Å². The van der Waals surface area contributed by atoms with Crippen LogP contribution in [-0.2, 0) is 6.42 Å². The van der Waals surface area contributed by atoms with Crippen molar-refractivity contribution < 1.29 is 15.0 Å². The fraction of sp³-hybridized carbons (Fsp3) is 0.353. The Morgan fingerprint density at radius 1 is 1.17 bits per heavy atom. The summed E-state index contributed by atoms with van der Waals surface area (Å²) in [6, 6.07) is 10.1. The van der Waals surface area contributed by atoms with E-state index in [1.807, 2.05) is 47.5 Å². The first-order valence-corrected chi connectivity index (χ1v) is 8.50. The van der Waals surface area contributed by atoms with Gasteiger partial charge >= 0.3 is 0 Å². The number of aliphatic hydroxyl groups excluding tert-OH is 2. The van der Waals surface area contributed by atoms with Gasteiger partial charge in [-0.1, -0.05) is 30.3 Å². The van der Waals surface area contributed by atoms with Gasteiger partial charge in [-0.2, -0.15) is 0 Å². The Balaban J connectivity index is 1.88. The third kappa shape index (κ3) is 2.97. The third-order valence-corrected chi connectivity index (χ3v) is 5.21. The molecule has 1 amide bonds. The highest BCUT2D eigenvalue weighted by molar-refractivity contribution is 7.14. The number of fused-ring (bicyclic) bond motifs is 1. The molecule has 0 bridgehead atoms. The number of nitrogens with zero attached hydrogens (tertiary/aromatic N) is 2. The summed E-state index contributed by atoms with van der Waals surface area (Å²) < 4.78 is 0. The Hall–Kier alpha value is -1.89. The van der Waals surface area contributed by atoms with Crippen LogP contribution in [0.5, 0.6) is 0 Å². The summed E-state index contributed by atoms with van der Waals surface area (Å²) in [4.78, 5) is 15.7. The van der Waals surface area contributed by atoms with Crippen LogP contribution in [0.3, 0.4) is 0 Å². The highest BCUT2D eigenvalue weighted by Crippen LogP contribution is 2.37. The lowest BCUT2D eigenvalue weighted by atomic mass is 10.1. The van der Waals surface area contributed by atoms with Crippen LogP contribution in [-0.4, -0.2) is 47.1 Å². The SMILES string of the molecule is Cc1csc2c1C(=O)N(CCO)C(O)N2CCc1ccccc1. The van der Waals surface area contributed by atoms with Crippen molar-refractivity contribution in [1.82, 2.24) is 4.90 Å². The number of aryl methyl sites for hydroxylation is 1. The second-order valence-corrected chi connectivity index (χ2v) is 6.45. The smallest absolute Gasteiger partial charge is 0.260 e. The van der Waals surface area contributed by atoms with E-state index in [0.29, 0.717) is 12.1 Å². The van der Waals surface area contributed by atoms with E-state index in [-0.39, 0.29) is 19.1 Å². The number of thiophene rings is 1. The van der Waals surface area contributed by atoms with Crippen LogP contribution in [0.1, 0.15) is 21.5 Å². The topological polar surface area (TPSA) is 64.0 Å². The van der Waals surface area contributed by atoms with Gasteiger partial charge in [0.15, 0.2) is 0 Å². The lowest BCUT2D eigenvalue weighted by Gasteiger charge is -2.41. The van der Waals surface area contributed by atoms with Crippen molar-refractivity contribution in [1.29, 1.82) is 0 Å². The molecule has 1 aliphatic rings. The minimum absolute atomic E-state index is 0.122. The van der Waals surface area contributed by atoms with Gasteiger partial charge < -0.3 is 15.1 Å². The van der Waals surface area contributed by atoms with Gasteiger partial charge in [0, 0.05) is 13.1 Å². The number of aliphatic hydroxyl groups is 2. The Bertz CT molecular complexity index is 686. The Labute approximate surface area is 139 Å². The largest absolute Gasteiger partial charge is 0.395 e. The van der Waals surface area contributed by atoms with Gasteiger partial charge in [0.05, 0.1) is 12.2 Å². The van der Waals surface area contributed by atoms with Crippen LogP contribution < -0.4 is 4.90 Å². The summed E-state index contributed by atoms with van der Waals surface area (Å²) in [6.07, 6.45) is -0.265. The van der Waals surface area contributed by atoms with E-state index in [4.69, 9.17) is 0 Å². The normalized spacial score (nSPS) is 17.5. The molecule has 2 N–H and O–H groups in total. The second-order valence-electron chi connectivity index (χ2n) is 5.60. The Morgan fingerprint density at radius 3 is 2.61 bits per heavy atom. The molecule has 0 radical (unpaired) electrons. The first kappa shape index (κ1) is 16.0. The van der Waals surface area contributed by atoms with Crippen LogP contribution >= 0.6 is 11.3 Å². The van der Waals surface area contributed by atoms with Gasteiger partial charge in [-0.05, 0) is 29.9 Å². The quantitative estimate of drug-likeness (QED) is 0.877. The van der Waals surface area contributed by atoms with E-state index in [2.05, 4.69) is 0 Å². The van der Waals surface area contributed by atoms with Crippen molar-refractivity contribution in [2.45, 2.75) is 19.7 Å². The van der Waals surface area contributed by atoms with E-state index >= 15 is 0 Å². The molecular formula is C17H20N2O3S. The standard InChI is InChI=1S/C17H20N2O3S/c1-12-11-23-16-14(12)15(21)18(9-10-20)17(22)19(16)8-7-13-5-3-2-4-6-13/h2-6,11,17,20,22H,7-10H2,1H3. The summed E-state index contributed by atoms with van der Waals surface area (Å²) in [6.45, 7) is 2.45. The maximum absolute atomic E-state index is 12.6. The molecule has 2 aromatic rings. The molecule has 2 heterocycles. The highest BCUT2D eigenvalue weighted by atomic mass is 32.1. The van der Waals surface area contributed by atoms with Crippen LogP contribution in [0.2, 0.25) is 0 Å². The maximum Gasteiger partial charge on any atom is 0.260 e. The molecule has 23 heavy (non-hydrogen) atoms. The lowest BCUT2D eigenvalue weighted by molar-refractivity contribution is -0.00400. The predicted molar refractivity (Wildman–Crippen MR) is 90.7 cm³/mol. The number of rotatable bonds is 5. The third-order valence-electron chi connectivity index (χ3n) is 4.07. The summed E-state index contributed by atoms with van der Waals surface area (Å²) in [7, 11) is 0. The molecule has 1 aliphatic heterocycles. The number of β-amino-alcohol motifs (C(OH)–C–C–N with tert-alkyl or cyclic N) is 1. The fourth-order valence-corrected chi connectivity index (χ4v) is 3.95. The van der Waals surface area contributed by atoms with Crippen LogP contribution in [0.25, 0.3) is 0 Å². The van der Waals surface area contributed by atoms with E-state index < -0.39 is 6.35 Å². The van der Waals surface area contributed by atoms with Crippen LogP contribution in [0.15, 0.2) is 35.7 Å². The van der Waals surface area contributed by atoms with E-state index in [9.17, 15) is 15.0 Å². The zero-order chi connectivity index (χ0) is 16.4. The summed E-state index contributed by atoms with van der Waals surface area (Å²) >= 11 is 1.48. The second kappa shape index (κ2) is 6.70. The maximum atomic E-state index is 12.6. The molecule has 6 heteroatoms. The molecule has 122 valence electrons. The number of anilines is 1. The zero-order valence-electron chi connectivity index (χ0n) is 13.0. The molecule has 1 atom stereocenters. The molecule has 3 rings (SSSR count). The molecule has 0 spiro atoms. The molecule has 0 saturated carbocycles. The molecular weight excluding hydrogens is 312 g/mol. The van der Waals surface area contributed by atoms with Crippen LogP contribution in [0.4, 0.5) is 5.00 Å². The van der Waals surface area contributed by atoms with Crippen molar-refractivity contribution in [2.24, 2.45) is 0 Å². The first-order chi connectivity index (χ1) is 11.1. The monoisotopic (exact) mass is 332 g/mol. The number of carbonyl (C=O) groups excluding carboxylic acids is 1. The molecule has 1 aromatic heterocycles. The Morgan fingerprint density at radius 2 is 1.91 bits per heavy atom. The fourth-order valence-electron chi connectivity index (χ4n) is 2.86. The summed E-state index contributed by atoms with van der Waals surface area (Å²) in [5, 5.41) is 22.5. The van der Waals surface area contributed by atoms with Crippen molar-refractivity contribution in [3.8, 4) is 0 Å². The predicted octanol–water partition coefficient (Wildman–Crippen LogP) is 1.83. The van der Waals surface area contributed by atoms with Gasteiger partial charge in [-0.3, -0.25) is 9.69 Å². The first-order valence-electron chi connectivity index (χ1n) is 7.62. The number of hydrogen-bond donors (Lipinski definition) is 2. The Kier molecular flexibility index (Phi) is 4.66. The van der Waals surface area contributed by atoms with Gasteiger partial charge in [-0.15, -0.1) is 11.3 Å². The van der Waals surface area contributed by atoms with Crippen molar-refractivity contribution in [3.63, 3.8) is 0 Å². The molecule has 0 saturated heterocycles. The van der Waals surface area contributed by atoms with Crippen LogP contribution in [0, 0.1) is 6.92 Å². The van der Waals surface area contributed by atoms with Gasteiger partial charge in [0.25, 0.3) is 5.91 Å². The van der Waals surface area contributed by atoms with Gasteiger partial charge in [0.1, 0.15) is 5.00 Å². The lowest BCUT2D eigenvalue weighted by Crippen LogP contribution is -2.56. The molecule has 5 nitrogen and oxygen atoms in total. The zero-order valence-corrected chi connectivity index (χ0v) is 13.8. The molecule has 1 unspecified atom stereocenters. The number of carbonyl (C=O) groups is 1. The van der Waals surface area contributed by atoms with Gasteiger partial charge in [-0.25, -0.2) is 0 Å². The van der Waals surface area contributed by atoms with Crippen molar-refractivity contribution >= 4 is 22.2 Å². The van der Waals surface area contributed by atoms with E-state index in [1.54, 1.807) is 0 Å². The van der Waals surface area contributed by atoms with Crippen molar-refractivity contribution in [3.05, 3.63) is 52.4 Å². The van der Waals surface area contributed by atoms with E-state index in [1.165, 1.54) is 21.8 Å². The summed E-state index contributed by atoms with van der Waals surface area (Å²) in [5.74, 6) is -0.212. The number of amides is 1. The number of benzene rings is 1. The van der Waals surface area contributed by atoms with Crippen molar-refractivity contribution in [2.75, 3.05) is 24.6 Å². The number of hydrogen-bond acceptors (Lipinski definition) is 5. The average Bonchev–Trinajstić information content (AvgIpc) is 2.94. The highest BCUT2D eigenvalue weighted by Gasteiger charge is 2.38. The molecule has 0 aliphatic carbocycles. The average molecular weight is 332 g/mol. The van der Waals surface area contributed by atoms with E-state index in [0.717, 1.165) is 17.0 Å². The molecule has 1 aromatic carbocycles. The minimum atomic E-state index is -1.04. The minimum Gasteiger partial charge on any atom is -0.395 e. The summed E-state index contributed by atoms with van der Waals surface area (Å²) in [5.41, 5.74) is 2.73.